The van der Waals surface area contributed by atoms with Gasteiger partial charge in [-0.15, -0.1) is 0 Å². The SMILES string of the molecule is Cc1cccc2ccn(Cc3cc(CN4CCCC4)c(O)c4ncccc34)c12. The Hall–Kier alpha value is -2.85. The van der Waals surface area contributed by atoms with Gasteiger partial charge in [0.25, 0.3) is 0 Å². The fraction of sp³-hybridized carbons (Fsp3) is 0.292. The predicted octanol–water partition coefficient (Wildman–Crippen LogP) is 4.85. The van der Waals surface area contributed by atoms with E-state index < -0.39 is 0 Å². The fourth-order valence-electron chi connectivity index (χ4n) is 4.56. The van der Waals surface area contributed by atoms with Crippen molar-refractivity contribution in [1.29, 1.82) is 0 Å². The van der Waals surface area contributed by atoms with Crippen molar-refractivity contribution in [1.82, 2.24) is 14.5 Å². The van der Waals surface area contributed by atoms with E-state index in [1.807, 2.05) is 6.07 Å². The average Bonchev–Trinajstić information content (AvgIpc) is 3.36. The zero-order valence-electron chi connectivity index (χ0n) is 16.2. The van der Waals surface area contributed by atoms with Crippen LogP contribution < -0.4 is 0 Å². The van der Waals surface area contributed by atoms with Gasteiger partial charge in [0, 0.05) is 36.4 Å². The number of phenols is 1. The molecule has 0 aliphatic carbocycles. The number of hydrogen-bond donors (Lipinski definition) is 1. The number of rotatable bonds is 4. The summed E-state index contributed by atoms with van der Waals surface area (Å²) in [6.45, 7) is 5.93. The summed E-state index contributed by atoms with van der Waals surface area (Å²) in [7, 11) is 0. The van der Waals surface area contributed by atoms with Crippen LogP contribution in [0.15, 0.2) is 54.9 Å². The lowest BCUT2D eigenvalue weighted by atomic mass is 10.0. The maximum atomic E-state index is 10.9. The lowest BCUT2D eigenvalue weighted by molar-refractivity contribution is 0.324. The molecule has 142 valence electrons. The maximum absolute atomic E-state index is 10.9. The number of hydrogen-bond acceptors (Lipinski definition) is 3. The van der Waals surface area contributed by atoms with Crippen molar-refractivity contribution >= 4 is 21.8 Å². The van der Waals surface area contributed by atoms with Crippen LogP contribution in [0.1, 0.15) is 29.5 Å². The molecular formula is C24H25N3O. The normalized spacial score (nSPS) is 15.0. The average molecular weight is 371 g/mol. The predicted molar refractivity (Wildman–Crippen MR) is 114 cm³/mol. The van der Waals surface area contributed by atoms with Crippen molar-refractivity contribution < 1.29 is 5.11 Å². The van der Waals surface area contributed by atoms with Crippen LogP contribution in [-0.4, -0.2) is 32.6 Å². The van der Waals surface area contributed by atoms with Crippen molar-refractivity contribution in [3.63, 3.8) is 0 Å². The number of aromatic nitrogens is 2. The molecule has 4 aromatic rings. The number of nitrogens with zero attached hydrogens (tertiary/aromatic N) is 3. The molecule has 28 heavy (non-hydrogen) atoms. The molecule has 1 aliphatic rings. The highest BCUT2D eigenvalue weighted by Gasteiger charge is 2.18. The molecule has 1 fully saturated rings. The first kappa shape index (κ1) is 17.3. The molecule has 0 amide bonds. The van der Waals surface area contributed by atoms with E-state index in [-0.39, 0.29) is 0 Å². The van der Waals surface area contributed by atoms with E-state index in [4.69, 9.17) is 0 Å². The molecule has 1 aliphatic heterocycles. The summed E-state index contributed by atoms with van der Waals surface area (Å²) >= 11 is 0. The van der Waals surface area contributed by atoms with E-state index in [9.17, 15) is 5.11 Å². The third-order valence-electron chi connectivity index (χ3n) is 5.95. The van der Waals surface area contributed by atoms with Crippen molar-refractivity contribution in [2.75, 3.05) is 13.1 Å². The molecular weight excluding hydrogens is 346 g/mol. The van der Waals surface area contributed by atoms with Gasteiger partial charge in [0.15, 0.2) is 0 Å². The summed E-state index contributed by atoms with van der Waals surface area (Å²) in [4.78, 5) is 6.93. The van der Waals surface area contributed by atoms with Crippen LogP contribution in [0.2, 0.25) is 0 Å². The molecule has 0 radical (unpaired) electrons. The van der Waals surface area contributed by atoms with Crippen LogP contribution in [-0.2, 0) is 13.1 Å². The van der Waals surface area contributed by atoms with Crippen LogP contribution >= 0.6 is 0 Å². The van der Waals surface area contributed by atoms with Crippen molar-refractivity contribution in [2.45, 2.75) is 32.9 Å². The summed E-state index contributed by atoms with van der Waals surface area (Å²) in [6, 6.07) is 14.8. The summed E-state index contributed by atoms with van der Waals surface area (Å²) in [6.07, 6.45) is 6.41. The second-order valence-electron chi connectivity index (χ2n) is 7.88. The molecule has 0 spiro atoms. The second kappa shape index (κ2) is 6.95. The van der Waals surface area contributed by atoms with Gasteiger partial charge in [0.2, 0.25) is 0 Å². The molecule has 0 unspecified atom stereocenters. The van der Waals surface area contributed by atoms with E-state index in [0.29, 0.717) is 11.3 Å². The number of para-hydroxylation sites is 1. The lowest BCUT2D eigenvalue weighted by Crippen LogP contribution is -2.18. The Kier molecular flexibility index (Phi) is 4.29. The number of aryl methyl sites for hydroxylation is 1. The van der Waals surface area contributed by atoms with E-state index in [1.165, 1.54) is 34.9 Å². The van der Waals surface area contributed by atoms with Gasteiger partial charge < -0.3 is 9.67 Å². The molecule has 2 aromatic heterocycles. The number of phenolic OH excluding ortho intramolecular Hbond substituents is 1. The zero-order chi connectivity index (χ0) is 19.1. The molecule has 4 nitrogen and oxygen atoms in total. The quantitative estimate of drug-likeness (QED) is 0.558. The third kappa shape index (κ3) is 2.94. The third-order valence-corrected chi connectivity index (χ3v) is 5.95. The number of pyridine rings is 1. The summed E-state index contributed by atoms with van der Waals surface area (Å²) in [5.74, 6) is 0.333. The minimum Gasteiger partial charge on any atom is -0.505 e. The number of likely N-dealkylation sites (tertiary alicyclic amines) is 1. The molecule has 3 heterocycles. The lowest BCUT2D eigenvalue weighted by Gasteiger charge is -2.18. The van der Waals surface area contributed by atoms with Crippen molar-refractivity contribution in [3.8, 4) is 5.75 Å². The first-order valence-corrected chi connectivity index (χ1v) is 10.1. The number of benzene rings is 2. The van der Waals surface area contributed by atoms with Crippen molar-refractivity contribution in [2.24, 2.45) is 0 Å². The van der Waals surface area contributed by atoms with Crippen LogP contribution in [0.4, 0.5) is 0 Å². The van der Waals surface area contributed by atoms with Gasteiger partial charge in [-0.1, -0.05) is 24.3 Å². The second-order valence-corrected chi connectivity index (χ2v) is 7.88. The summed E-state index contributed by atoms with van der Waals surface area (Å²) < 4.78 is 2.31. The van der Waals surface area contributed by atoms with E-state index in [1.54, 1.807) is 6.20 Å². The van der Waals surface area contributed by atoms with Crippen LogP contribution in [0.5, 0.6) is 5.75 Å². The maximum Gasteiger partial charge on any atom is 0.146 e. The molecule has 1 saturated heterocycles. The molecule has 0 saturated carbocycles. The van der Waals surface area contributed by atoms with E-state index in [0.717, 1.165) is 37.1 Å². The van der Waals surface area contributed by atoms with Gasteiger partial charge in [0.05, 0.1) is 5.52 Å². The Morgan fingerprint density at radius 1 is 1.00 bits per heavy atom. The van der Waals surface area contributed by atoms with Gasteiger partial charge in [-0.3, -0.25) is 9.88 Å². The van der Waals surface area contributed by atoms with E-state index >= 15 is 0 Å². The highest BCUT2D eigenvalue weighted by molar-refractivity contribution is 5.89. The summed E-state index contributed by atoms with van der Waals surface area (Å²) in [5, 5.41) is 13.2. The largest absolute Gasteiger partial charge is 0.505 e. The van der Waals surface area contributed by atoms with Gasteiger partial charge in [0.1, 0.15) is 11.3 Å². The van der Waals surface area contributed by atoms with Gasteiger partial charge >= 0.3 is 0 Å². The van der Waals surface area contributed by atoms with E-state index in [2.05, 4.69) is 64.0 Å². The topological polar surface area (TPSA) is 41.3 Å². The van der Waals surface area contributed by atoms with Gasteiger partial charge in [-0.2, -0.15) is 0 Å². The molecule has 4 heteroatoms. The Morgan fingerprint density at radius 3 is 2.71 bits per heavy atom. The zero-order valence-corrected chi connectivity index (χ0v) is 16.2. The molecule has 2 aromatic carbocycles. The van der Waals surface area contributed by atoms with Crippen molar-refractivity contribution in [3.05, 3.63) is 71.5 Å². The number of aromatic hydroxyl groups is 1. The minimum atomic E-state index is 0.333. The minimum absolute atomic E-state index is 0.333. The smallest absolute Gasteiger partial charge is 0.146 e. The standard InChI is InChI=1S/C24H25N3O/c1-17-6-4-7-18-9-13-27(23(17)18)16-19-14-20(15-26-11-2-3-12-26)24(28)22-21(19)8-5-10-25-22/h4-10,13-14,28H,2-3,11-12,15-16H2,1H3. The summed E-state index contributed by atoms with van der Waals surface area (Å²) in [5.41, 5.74) is 5.45. The fourth-order valence-corrected chi connectivity index (χ4v) is 4.56. The Bertz CT molecular complexity index is 1160. The monoisotopic (exact) mass is 371 g/mol. The molecule has 0 atom stereocenters. The first-order valence-electron chi connectivity index (χ1n) is 10.1. The Balaban J connectivity index is 1.62. The van der Waals surface area contributed by atoms with Crippen LogP contribution in [0.25, 0.3) is 21.8 Å². The highest BCUT2D eigenvalue weighted by atomic mass is 16.3. The van der Waals surface area contributed by atoms with Crippen LogP contribution in [0.3, 0.4) is 0 Å². The van der Waals surface area contributed by atoms with Gasteiger partial charge in [-0.25, -0.2) is 0 Å². The Labute approximate surface area is 165 Å². The Morgan fingerprint density at radius 2 is 1.86 bits per heavy atom. The first-order chi connectivity index (χ1) is 13.7. The molecule has 5 rings (SSSR count). The molecule has 1 N–H and O–H groups in total. The van der Waals surface area contributed by atoms with Gasteiger partial charge in [-0.05, 0) is 67.6 Å². The number of fused-ring (bicyclic) bond motifs is 2. The highest BCUT2D eigenvalue weighted by Crippen LogP contribution is 2.33. The van der Waals surface area contributed by atoms with Crippen LogP contribution in [0, 0.1) is 6.92 Å². The molecule has 0 bridgehead atoms.